The van der Waals surface area contributed by atoms with E-state index in [4.69, 9.17) is 11.6 Å². The first kappa shape index (κ1) is 15.6. The van der Waals surface area contributed by atoms with Gasteiger partial charge in [0.25, 0.3) is 0 Å². The molecular weight excluding hydrogens is 286 g/mol. The van der Waals surface area contributed by atoms with Crippen LogP contribution in [0.25, 0.3) is 0 Å². The third-order valence-corrected chi connectivity index (χ3v) is 3.44. The smallest absolute Gasteiger partial charge is 0.310 e. The van der Waals surface area contributed by atoms with E-state index in [1.165, 1.54) is 6.07 Å². The predicted octanol–water partition coefficient (Wildman–Crippen LogP) is 4.60. The maximum absolute atomic E-state index is 12.7. The van der Waals surface area contributed by atoms with Gasteiger partial charge in [-0.1, -0.05) is 30.2 Å². The Morgan fingerprint density at radius 1 is 1.22 bits per heavy atom. The molecule has 1 N–H and O–H groups in total. The average Bonchev–Trinajstić information content (AvgIpc) is 2.29. The number of hydrogen-bond acceptors (Lipinski definition) is 1. The second-order valence-corrected chi connectivity index (χ2v) is 4.59. The number of benzene rings is 1. The lowest BCUT2D eigenvalue weighted by atomic mass is 9.96. The van der Waals surface area contributed by atoms with E-state index in [0.717, 1.165) is 31.9 Å². The number of halogens is 5. The summed E-state index contributed by atoms with van der Waals surface area (Å²) in [5, 5.41) is 3.04. The van der Waals surface area contributed by atoms with Gasteiger partial charge in [-0.05, 0) is 31.0 Å². The zero-order valence-corrected chi connectivity index (χ0v) is 11.1. The van der Waals surface area contributed by atoms with Crippen LogP contribution in [0.15, 0.2) is 18.2 Å². The van der Waals surface area contributed by atoms with Crippen molar-refractivity contribution in [1.82, 2.24) is 5.32 Å². The molecule has 0 amide bonds. The van der Waals surface area contributed by atoms with Crippen LogP contribution < -0.4 is 5.32 Å². The maximum Gasteiger partial charge on any atom is 0.417 e. The molecule has 2 rings (SSSR count). The van der Waals surface area contributed by atoms with Gasteiger partial charge in [-0.15, -0.1) is 12.4 Å². The fourth-order valence-electron chi connectivity index (χ4n) is 2.16. The van der Waals surface area contributed by atoms with Crippen LogP contribution >= 0.6 is 24.0 Å². The quantitative estimate of drug-likeness (QED) is 0.799. The summed E-state index contributed by atoms with van der Waals surface area (Å²) in [6.07, 6.45) is -1.47. The Morgan fingerprint density at radius 2 is 1.94 bits per heavy atom. The lowest BCUT2D eigenvalue weighted by Gasteiger charge is -2.25. The van der Waals surface area contributed by atoms with Gasteiger partial charge in [0.05, 0.1) is 10.6 Å². The molecule has 0 spiro atoms. The fourth-order valence-corrected chi connectivity index (χ4v) is 2.52. The topological polar surface area (TPSA) is 12.0 Å². The summed E-state index contributed by atoms with van der Waals surface area (Å²) in [6.45, 7) is 0.831. The Labute approximate surface area is 115 Å². The summed E-state index contributed by atoms with van der Waals surface area (Å²) >= 11 is 5.87. The molecule has 0 saturated carbocycles. The summed E-state index contributed by atoms with van der Waals surface area (Å²) in [4.78, 5) is 0. The van der Waals surface area contributed by atoms with Gasteiger partial charge < -0.3 is 5.32 Å². The van der Waals surface area contributed by atoms with E-state index >= 15 is 0 Å². The second kappa shape index (κ2) is 6.13. The predicted molar refractivity (Wildman–Crippen MR) is 68.3 cm³/mol. The first-order chi connectivity index (χ1) is 8.00. The number of rotatable bonds is 1. The van der Waals surface area contributed by atoms with Crippen LogP contribution in [0.3, 0.4) is 0 Å². The summed E-state index contributed by atoms with van der Waals surface area (Å²) < 4.78 is 38.1. The molecule has 1 nitrogen and oxygen atoms in total. The third-order valence-electron chi connectivity index (χ3n) is 3.02. The molecule has 1 saturated heterocycles. The van der Waals surface area contributed by atoms with Crippen LogP contribution in [-0.2, 0) is 6.18 Å². The molecule has 1 aromatic rings. The molecule has 1 aromatic carbocycles. The van der Waals surface area contributed by atoms with Crippen LogP contribution in [0.1, 0.15) is 36.4 Å². The third kappa shape index (κ3) is 3.31. The monoisotopic (exact) mass is 299 g/mol. The number of nitrogens with one attached hydrogen (secondary N) is 1. The average molecular weight is 300 g/mol. The van der Waals surface area contributed by atoms with Gasteiger partial charge in [-0.2, -0.15) is 13.2 Å². The molecule has 0 aliphatic carbocycles. The van der Waals surface area contributed by atoms with Crippen molar-refractivity contribution in [2.75, 3.05) is 6.54 Å². The lowest BCUT2D eigenvalue weighted by molar-refractivity contribution is -0.137. The SMILES string of the molecule is Cl.FC(F)(F)c1cccc([C@H]2CCCCN2)c1Cl. The van der Waals surface area contributed by atoms with Crippen molar-refractivity contribution < 1.29 is 13.2 Å². The molecule has 6 heteroatoms. The highest BCUT2D eigenvalue weighted by Gasteiger charge is 2.34. The molecule has 0 aromatic heterocycles. The van der Waals surface area contributed by atoms with Crippen LogP contribution in [0, 0.1) is 0 Å². The molecular formula is C12H14Cl2F3N. The molecule has 1 heterocycles. The van der Waals surface area contributed by atoms with Crippen molar-refractivity contribution in [3.8, 4) is 0 Å². The zero-order chi connectivity index (χ0) is 12.5. The van der Waals surface area contributed by atoms with Crippen molar-refractivity contribution in [2.45, 2.75) is 31.5 Å². The molecule has 0 radical (unpaired) electrons. The molecule has 1 atom stereocenters. The minimum absolute atomic E-state index is 0. The molecule has 0 bridgehead atoms. The minimum atomic E-state index is -4.39. The minimum Gasteiger partial charge on any atom is -0.310 e. The Morgan fingerprint density at radius 3 is 2.50 bits per heavy atom. The summed E-state index contributed by atoms with van der Waals surface area (Å²) in [6, 6.07) is 4.05. The summed E-state index contributed by atoms with van der Waals surface area (Å²) in [5.74, 6) is 0. The largest absolute Gasteiger partial charge is 0.417 e. The van der Waals surface area contributed by atoms with Gasteiger partial charge in [-0.25, -0.2) is 0 Å². The van der Waals surface area contributed by atoms with Gasteiger partial charge in [0.2, 0.25) is 0 Å². The van der Waals surface area contributed by atoms with Gasteiger partial charge in [0.15, 0.2) is 0 Å². The Kier molecular flexibility index (Phi) is 5.32. The molecule has 102 valence electrons. The van der Waals surface area contributed by atoms with E-state index in [0.29, 0.717) is 5.56 Å². The van der Waals surface area contributed by atoms with Crippen LogP contribution in [0.4, 0.5) is 13.2 Å². The molecule has 1 aliphatic rings. The van der Waals surface area contributed by atoms with Crippen molar-refractivity contribution >= 4 is 24.0 Å². The normalized spacial score (nSPS) is 20.3. The lowest BCUT2D eigenvalue weighted by Crippen LogP contribution is -2.27. The second-order valence-electron chi connectivity index (χ2n) is 4.21. The standard InChI is InChI=1S/C12H13ClF3N.ClH/c13-11-8(10-6-1-2-7-17-10)4-3-5-9(11)12(14,15)16;/h3-5,10,17H,1-2,6-7H2;1H/t10-;/m1./s1. The Bertz CT molecular complexity index is 401. The van der Waals surface area contributed by atoms with E-state index < -0.39 is 11.7 Å². The Hall–Kier alpha value is -0.450. The number of alkyl halides is 3. The molecule has 1 aliphatic heterocycles. The van der Waals surface area contributed by atoms with Crippen LogP contribution in [0.5, 0.6) is 0 Å². The first-order valence-electron chi connectivity index (χ1n) is 5.59. The molecule has 1 fully saturated rings. The van der Waals surface area contributed by atoms with Crippen LogP contribution in [0.2, 0.25) is 5.02 Å². The highest BCUT2D eigenvalue weighted by atomic mass is 35.5. The van der Waals surface area contributed by atoms with Gasteiger partial charge in [0.1, 0.15) is 0 Å². The van der Waals surface area contributed by atoms with Crippen molar-refractivity contribution in [1.29, 1.82) is 0 Å². The highest BCUT2D eigenvalue weighted by Crippen LogP contribution is 2.39. The van der Waals surface area contributed by atoms with Crippen molar-refractivity contribution in [3.05, 3.63) is 34.3 Å². The van der Waals surface area contributed by atoms with E-state index in [9.17, 15) is 13.2 Å². The van der Waals surface area contributed by atoms with Gasteiger partial charge in [-0.3, -0.25) is 0 Å². The van der Waals surface area contributed by atoms with Crippen molar-refractivity contribution in [2.24, 2.45) is 0 Å². The molecule has 18 heavy (non-hydrogen) atoms. The molecule has 0 unspecified atom stereocenters. The zero-order valence-electron chi connectivity index (χ0n) is 9.56. The number of piperidine rings is 1. The maximum atomic E-state index is 12.7. The van der Waals surface area contributed by atoms with E-state index in [2.05, 4.69) is 5.32 Å². The highest BCUT2D eigenvalue weighted by molar-refractivity contribution is 6.32. The summed E-state index contributed by atoms with van der Waals surface area (Å²) in [7, 11) is 0. The van der Waals surface area contributed by atoms with Gasteiger partial charge >= 0.3 is 6.18 Å². The first-order valence-corrected chi connectivity index (χ1v) is 5.97. The van der Waals surface area contributed by atoms with E-state index in [1.54, 1.807) is 6.07 Å². The van der Waals surface area contributed by atoms with E-state index in [-0.39, 0.29) is 23.5 Å². The van der Waals surface area contributed by atoms with Crippen LogP contribution in [-0.4, -0.2) is 6.54 Å². The fraction of sp³-hybridized carbons (Fsp3) is 0.500. The number of hydrogen-bond donors (Lipinski definition) is 1. The Balaban J connectivity index is 0.00000162. The summed E-state index contributed by atoms with van der Waals surface area (Å²) in [5.41, 5.74) is -0.190. The van der Waals surface area contributed by atoms with E-state index in [1.807, 2.05) is 0 Å². The van der Waals surface area contributed by atoms with Crippen molar-refractivity contribution in [3.63, 3.8) is 0 Å². The van der Waals surface area contributed by atoms with Gasteiger partial charge in [0, 0.05) is 6.04 Å².